The van der Waals surface area contributed by atoms with Gasteiger partial charge in [0.15, 0.2) is 5.17 Å². The maximum Gasteiger partial charge on any atom is 0.231 e. The van der Waals surface area contributed by atoms with Crippen LogP contribution in [0.15, 0.2) is 17.3 Å². The molecule has 0 spiro atoms. The van der Waals surface area contributed by atoms with Gasteiger partial charge in [-0.2, -0.15) is 0 Å². The predicted molar refractivity (Wildman–Crippen MR) is 86.6 cm³/mol. The molecule has 6 heteroatoms. The van der Waals surface area contributed by atoms with Crippen molar-refractivity contribution < 1.29 is 4.79 Å². The number of hydrogen-bond donors (Lipinski definition) is 1. The van der Waals surface area contributed by atoms with E-state index in [0.717, 1.165) is 35.7 Å². The Hall–Kier alpha value is -1.07. The molecule has 0 radical (unpaired) electrons. The van der Waals surface area contributed by atoms with Crippen LogP contribution in [-0.4, -0.2) is 22.1 Å². The molecule has 2 aliphatic rings. The summed E-state index contributed by atoms with van der Waals surface area (Å²) in [5.74, 6) is 0.882. The lowest BCUT2D eigenvalue weighted by atomic mass is 9.83. The monoisotopic (exact) mass is 323 g/mol. The molecule has 1 saturated carbocycles. The number of aliphatic imine (C=N–C) groups is 1. The summed E-state index contributed by atoms with van der Waals surface area (Å²) in [6.07, 6.45) is 6.00. The molecule has 0 bridgehead atoms. The van der Waals surface area contributed by atoms with Crippen LogP contribution >= 0.6 is 23.4 Å². The second kappa shape index (κ2) is 6.36. The van der Waals surface area contributed by atoms with Gasteiger partial charge in [0.05, 0.1) is 12.0 Å². The maximum atomic E-state index is 12.1. The second-order valence-corrected chi connectivity index (χ2v) is 6.90. The number of aryl methyl sites for hydroxylation is 1. The first-order valence-corrected chi connectivity index (χ1v) is 8.63. The average molecular weight is 324 g/mol. The van der Waals surface area contributed by atoms with Gasteiger partial charge in [-0.3, -0.25) is 14.8 Å². The molecule has 1 fully saturated rings. The molecule has 1 aromatic heterocycles. The zero-order valence-electron chi connectivity index (χ0n) is 11.9. The Balaban J connectivity index is 1.70. The van der Waals surface area contributed by atoms with E-state index in [4.69, 9.17) is 16.6 Å². The van der Waals surface area contributed by atoms with E-state index in [1.165, 1.54) is 18.2 Å². The van der Waals surface area contributed by atoms with Crippen molar-refractivity contribution in [2.75, 3.05) is 0 Å². The number of fused-ring (bicyclic) bond motifs is 1. The number of carbonyl (C=O) groups is 1. The molecule has 2 atom stereocenters. The fraction of sp³-hybridized carbons (Fsp3) is 0.533. The highest BCUT2D eigenvalue weighted by atomic mass is 35.5. The molecule has 1 aliphatic heterocycles. The fourth-order valence-corrected chi connectivity index (χ4v) is 4.27. The highest BCUT2D eigenvalue weighted by molar-refractivity contribution is 8.13. The Morgan fingerprint density at radius 2 is 2.24 bits per heavy atom. The molecule has 1 aliphatic carbocycles. The van der Waals surface area contributed by atoms with Crippen molar-refractivity contribution in [3.63, 3.8) is 0 Å². The molecular formula is C15H18ClN3OS. The van der Waals surface area contributed by atoms with Crippen molar-refractivity contribution in [3.05, 3.63) is 28.5 Å². The molecule has 0 saturated heterocycles. The molecule has 2 unspecified atom stereocenters. The van der Waals surface area contributed by atoms with Crippen molar-refractivity contribution >= 4 is 34.4 Å². The van der Waals surface area contributed by atoms with E-state index in [1.54, 1.807) is 12.3 Å². The van der Waals surface area contributed by atoms with Gasteiger partial charge in [0, 0.05) is 28.2 Å². The standard InChI is InChI=1S/C15H18ClN3OS/c1-9-11(12(16)6-7-17-9)8-21-15-18-13-5-3-2-4-10(13)14(20)19-15/h6-7,10,13H,2-5,8H2,1H3,(H,18,19,20). The molecule has 4 nitrogen and oxygen atoms in total. The lowest BCUT2D eigenvalue weighted by Gasteiger charge is -2.32. The summed E-state index contributed by atoms with van der Waals surface area (Å²) in [6, 6.07) is 1.96. The SMILES string of the molecule is Cc1nccc(Cl)c1CSC1=NC2CCCCC2C(=O)N1. The third-order valence-corrected chi connectivity index (χ3v) is 5.41. The molecule has 1 N–H and O–H groups in total. The van der Waals surface area contributed by atoms with Gasteiger partial charge in [-0.25, -0.2) is 0 Å². The van der Waals surface area contributed by atoms with Crippen LogP contribution in [0.3, 0.4) is 0 Å². The topological polar surface area (TPSA) is 54.4 Å². The van der Waals surface area contributed by atoms with Crippen LogP contribution in [-0.2, 0) is 10.5 Å². The van der Waals surface area contributed by atoms with E-state index in [0.29, 0.717) is 10.8 Å². The van der Waals surface area contributed by atoms with Crippen LogP contribution in [0.4, 0.5) is 0 Å². The average Bonchev–Trinajstić information content (AvgIpc) is 2.47. The minimum Gasteiger partial charge on any atom is -0.305 e. The second-order valence-electron chi connectivity index (χ2n) is 5.53. The van der Waals surface area contributed by atoms with E-state index in [-0.39, 0.29) is 17.9 Å². The highest BCUT2D eigenvalue weighted by Gasteiger charge is 2.34. The van der Waals surface area contributed by atoms with Gasteiger partial charge in [0.2, 0.25) is 5.91 Å². The Labute approximate surface area is 133 Å². The number of thioether (sulfide) groups is 1. The number of nitrogens with one attached hydrogen (secondary N) is 1. The summed E-state index contributed by atoms with van der Waals surface area (Å²) in [5.41, 5.74) is 1.93. The smallest absolute Gasteiger partial charge is 0.231 e. The predicted octanol–water partition coefficient (Wildman–Crippen LogP) is 3.32. The zero-order chi connectivity index (χ0) is 14.8. The quantitative estimate of drug-likeness (QED) is 0.908. The Morgan fingerprint density at radius 3 is 3.05 bits per heavy atom. The van der Waals surface area contributed by atoms with Crippen LogP contribution < -0.4 is 5.32 Å². The van der Waals surface area contributed by atoms with Crippen molar-refractivity contribution in [2.45, 2.75) is 44.4 Å². The fourth-order valence-electron chi connectivity index (χ4n) is 2.91. The van der Waals surface area contributed by atoms with Gasteiger partial charge >= 0.3 is 0 Å². The maximum absolute atomic E-state index is 12.1. The van der Waals surface area contributed by atoms with Crippen molar-refractivity contribution in [1.82, 2.24) is 10.3 Å². The molecule has 0 aromatic carbocycles. The number of carbonyl (C=O) groups excluding carboxylic acids is 1. The van der Waals surface area contributed by atoms with E-state index in [1.807, 2.05) is 6.92 Å². The third-order valence-electron chi connectivity index (χ3n) is 4.15. The van der Waals surface area contributed by atoms with Gasteiger partial charge in [-0.15, -0.1) is 0 Å². The summed E-state index contributed by atoms with van der Waals surface area (Å²) < 4.78 is 0. The lowest BCUT2D eigenvalue weighted by Crippen LogP contribution is -2.46. The molecule has 1 amide bonds. The minimum absolute atomic E-state index is 0.0758. The number of halogens is 1. The van der Waals surface area contributed by atoms with Gasteiger partial charge in [-0.05, 0) is 25.8 Å². The summed E-state index contributed by atoms with van der Waals surface area (Å²) in [4.78, 5) is 21.1. The van der Waals surface area contributed by atoms with Crippen molar-refractivity contribution in [2.24, 2.45) is 10.9 Å². The number of pyridine rings is 1. The number of amidine groups is 1. The first-order valence-electron chi connectivity index (χ1n) is 7.26. The van der Waals surface area contributed by atoms with Gasteiger partial charge in [0.1, 0.15) is 0 Å². The Kier molecular flexibility index (Phi) is 4.50. The summed E-state index contributed by atoms with van der Waals surface area (Å²) in [5, 5.41) is 4.38. The normalized spacial score (nSPS) is 25.0. The van der Waals surface area contributed by atoms with Gasteiger partial charge < -0.3 is 5.32 Å². The molecular weight excluding hydrogens is 306 g/mol. The number of rotatable bonds is 2. The molecule has 21 heavy (non-hydrogen) atoms. The van der Waals surface area contributed by atoms with E-state index in [2.05, 4.69) is 10.3 Å². The molecule has 3 rings (SSSR count). The Bertz CT molecular complexity index is 570. The summed E-state index contributed by atoms with van der Waals surface area (Å²) in [6.45, 7) is 1.94. The zero-order valence-corrected chi connectivity index (χ0v) is 13.5. The summed E-state index contributed by atoms with van der Waals surface area (Å²) >= 11 is 7.74. The van der Waals surface area contributed by atoms with Crippen LogP contribution in [0.2, 0.25) is 5.02 Å². The van der Waals surface area contributed by atoms with Crippen LogP contribution in [0, 0.1) is 12.8 Å². The highest BCUT2D eigenvalue weighted by Crippen LogP contribution is 2.31. The lowest BCUT2D eigenvalue weighted by molar-refractivity contribution is -0.125. The van der Waals surface area contributed by atoms with E-state index >= 15 is 0 Å². The minimum atomic E-state index is 0.0758. The van der Waals surface area contributed by atoms with Gasteiger partial charge in [0.25, 0.3) is 0 Å². The number of hydrogen-bond acceptors (Lipinski definition) is 4. The van der Waals surface area contributed by atoms with E-state index < -0.39 is 0 Å². The van der Waals surface area contributed by atoms with Crippen molar-refractivity contribution in [1.29, 1.82) is 0 Å². The van der Waals surface area contributed by atoms with Crippen LogP contribution in [0.5, 0.6) is 0 Å². The van der Waals surface area contributed by atoms with Crippen LogP contribution in [0.25, 0.3) is 0 Å². The third kappa shape index (κ3) is 3.24. The first kappa shape index (κ1) is 14.9. The Morgan fingerprint density at radius 1 is 1.43 bits per heavy atom. The largest absolute Gasteiger partial charge is 0.305 e. The molecule has 112 valence electrons. The number of amides is 1. The number of aromatic nitrogens is 1. The number of nitrogens with zero attached hydrogens (tertiary/aromatic N) is 2. The molecule has 1 aromatic rings. The van der Waals surface area contributed by atoms with Gasteiger partial charge in [-0.1, -0.05) is 36.2 Å². The summed E-state index contributed by atoms with van der Waals surface area (Å²) in [7, 11) is 0. The van der Waals surface area contributed by atoms with E-state index in [9.17, 15) is 4.79 Å². The molecule has 2 heterocycles. The van der Waals surface area contributed by atoms with Crippen molar-refractivity contribution in [3.8, 4) is 0 Å². The first-order chi connectivity index (χ1) is 10.1. The van der Waals surface area contributed by atoms with Crippen LogP contribution in [0.1, 0.15) is 36.9 Å².